The van der Waals surface area contributed by atoms with E-state index in [1.807, 2.05) is 6.92 Å². The summed E-state index contributed by atoms with van der Waals surface area (Å²) < 4.78 is 5.35. The van der Waals surface area contributed by atoms with Gasteiger partial charge in [0, 0.05) is 12.6 Å². The Morgan fingerprint density at radius 1 is 1.67 bits per heavy atom. The fourth-order valence-electron chi connectivity index (χ4n) is 1.82. The number of nitrogens with zero attached hydrogens (tertiary/aromatic N) is 2. The Morgan fingerprint density at radius 2 is 2.44 bits per heavy atom. The number of rotatable bonds is 2. The smallest absolute Gasteiger partial charge is 0.274 e. The lowest BCUT2D eigenvalue weighted by atomic mass is 10.2. The SMILES string of the molecule is CC1COC(CO)CN1C(=O)c1ccc(=O)[nH]n1. The lowest BCUT2D eigenvalue weighted by Gasteiger charge is -2.37. The monoisotopic (exact) mass is 253 g/mol. The van der Waals surface area contributed by atoms with Crippen LogP contribution in [0.25, 0.3) is 0 Å². The minimum absolute atomic E-state index is 0.0889. The molecule has 0 aliphatic carbocycles. The van der Waals surface area contributed by atoms with Gasteiger partial charge < -0.3 is 14.7 Å². The molecule has 0 spiro atoms. The summed E-state index contributed by atoms with van der Waals surface area (Å²) in [6.07, 6.45) is -0.368. The Hall–Kier alpha value is -1.73. The first-order chi connectivity index (χ1) is 8.61. The summed E-state index contributed by atoms with van der Waals surface area (Å²) in [6, 6.07) is 2.56. The zero-order valence-electron chi connectivity index (χ0n) is 10.00. The van der Waals surface area contributed by atoms with Gasteiger partial charge in [0.2, 0.25) is 0 Å². The minimum Gasteiger partial charge on any atom is -0.394 e. The predicted octanol–water partition coefficient (Wildman–Crippen LogP) is -1.01. The van der Waals surface area contributed by atoms with Crippen LogP contribution in [0.2, 0.25) is 0 Å². The number of carbonyl (C=O) groups excluding carboxylic acids is 1. The third kappa shape index (κ3) is 2.57. The number of amides is 1. The first-order valence-electron chi connectivity index (χ1n) is 5.71. The standard InChI is InChI=1S/C11H15N3O4/c1-7-6-18-8(5-15)4-14(7)11(17)9-2-3-10(16)13-12-9/h2-3,7-8,15H,4-6H2,1H3,(H,13,16). The molecule has 2 atom stereocenters. The van der Waals surface area contributed by atoms with Crippen molar-refractivity contribution in [3.05, 3.63) is 28.2 Å². The first-order valence-corrected chi connectivity index (χ1v) is 5.71. The molecule has 98 valence electrons. The maximum atomic E-state index is 12.2. The molecule has 2 unspecified atom stereocenters. The Morgan fingerprint density at radius 3 is 3.06 bits per heavy atom. The highest BCUT2D eigenvalue weighted by molar-refractivity contribution is 5.92. The maximum absolute atomic E-state index is 12.2. The second-order valence-electron chi connectivity index (χ2n) is 4.25. The van der Waals surface area contributed by atoms with E-state index in [0.29, 0.717) is 13.2 Å². The topological polar surface area (TPSA) is 95.5 Å². The second-order valence-corrected chi connectivity index (χ2v) is 4.25. The van der Waals surface area contributed by atoms with Crippen molar-refractivity contribution in [3.8, 4) is 0 Å². The van der Waals surface area contributed by atoms with Crippen LogP contribution in [-0.2, 0) is 4.74 Å². The van der Waals surface area contributed by atoms with Gasteiger partial charge >= 0.3 is 0 Å². The van der Waals surface area contributed by atoms with Gasteiger partial charge in [0.1, 0.15) is 5.69 Å². The van der Waals surface area contributed by atoms with Crippen LogP contribution in [-0.4, -0.2) is 58.0 Å². The Labute approximate surface area is 103 Å². The van der Waals surface area contributed by atoms with E-state index in [-0.39, 0.29) is 35.9 Å². The molecule has 2 N–H and O–H groups in total. The quantitative estimate of drug-likeness (QED) is 0.704. The molecule has 0 bridgehead atoms. The fraction of sp³-hybridized carbons (Fsp3) is 0.545. The molecule has 1 aliphatic rings. The largest absolute Gasteiger partial charge is 0.394 e. The third-order valence-corrected chi connectivity index (χ3v) is 2.87. The molecule has 7 heteroatoms. The Bertz CT molecular complexity index is 467. The van der Waals surface area contributed by atoms with Gasteiger partial charge in [-0.1, -0.05) is 0 Å². The Balaban J connectivity index is 2.16. The number of nitrogens with one attached hydrogen (secondary N) is 1. The van der Waals surface area contributed by atoms with Crippen LogP contribution < -0.4 is 5.56 Å². The molecular formula is C11H15N3O4. The van der Waals surface area contributed by atoms with Gasteiger partial charge in [-0.15, -0.1) is 0 Å². The number of carbonyl (C=O) groups is 1. The predicted molar refractivity (Wildman–Crippen MR) is 62.2 cm³/mol. The van der Waals surface area contributed by atoms with Gasteiger partial charge in [-0.2, -0.15) is 5.10 Å². The summed E-state index contributed by atoms with van der Waals surface area (Å²) in [4.78, 5) is 24.7. The third-order valence-electron chi connectivity index (χ3n) is 2.87. The van der Waals surface area contributed by atoms with E-state index in [1.165, 1.54) is 12.1 Å². The van der Waals surface area contributed by atoms with Crippen LogP contribution in [0, 0.1) is 0 Å². The number of hydrogen-bond acceptors (Lipinski definition) is 5. The molecule has 2 rings (SSSR count). The normalized spacial score (nSPS) is 24.0. The molecular weight excluding hydrogens is 238 g/mol. The van der Waals surface area contributed by atoms with Gasteiger partial charge in [0.25, 0.3) is 11.5 Å². The lowest BCUT2D eigenvalue weighted by Crippen LogP contribution is -2.52. The molecule has 1 amide bonds. The number of aromatic nitrogens is 2. The van der Waals surface area contributed by atoms with Crippen molar-refractivity contribution in [1.29, 1.82) is 0 Å². The molecule has 1 aliphatic heterocycles. The summed E-state index contributed by atoms with van der Waals surface area (Å²) in [6.45, 7) is 2.42. The molecule has 0 radical (unpaired) electrons. The van der Waals surface area contributed by atoms with E-state index < -0.39 is 0 Å². The molecule has 2 heterocycles. The van der Waals surface area contributed by atoms with Crippen LogP contribution in [0.15, 0.2) is 16.9 Å². The van der Waals surface area contributed by atoms with E-state index in [0.717, 1.165) is 0 Å². The molecule has 0 aromatic carbocycles. The summed E-state index contributed by atoms with van der Waals surface area (Å²) in [5.41, 5.74) is -0.171. The van der Waals surface area contributed by atoms with Crippen molar-refractivity contribution in [2.45, 2.75) is 19.1 Å². The molecule has 1 saturated heterocycles. The van der Waals surface area contributed by atoms with E-state index >= 15 is 0 Å². The van der Waals surface area contributed by atoms with E-state index in [4.69, 9.17) is 9.84 Å². The van der Waals surface area contributed by atoms with E-state index in [2.05, 4.69) is 10.2 Å². The number of H-pyrrole nitrogens is 1. The van der Waals surface area contributed by atoms with Crippen molar-refractivity contribution in [2.75, 3.05) is 19.8 Å². The maximum Gasteiger partial charge on any atom is 0.274 e. The van der Waals surface area contributed by atoms with Crippen LogP contribution in [0.3, 0.4) is 0 Å². The average molecular weight is 253 g/mol. The molecule has 0 saturated carbocycles. The molecule has 1 fully saturated rings. The van der Waals surface area contributed by atoms with Crippen LogP contribution >= 0.6 is 0 Å². The molecule has 1 aromatic rings. The van der Waals surface area contributed by atoms with Crippen molar-refractivity contribution in [3.63, 3.8) is 0 Å². The highest BCUT2D eigenvalue weighted by Crippen LogP contribution is 2.13. The van der Waals surface area contributed by atoms with Crippen molar-refractivity contribution < 1.29 is 14.6 Å². The summed E-state index contributed by atoms with van der Waals surface area (Å²) in [5, 5.41) is 15.0. The minimum atomic E-state index is -0.368. The number of morpholine rings is 1. The zero-order chi connectivity index (χ0) is 13.1. The molecule has 1 aromatic heterocycles. The van der Waals surface area contributed by atoms with Crippen LogP contribution in [0.1, 0.15) is 17.4 Å². The highest BCUT2D eigenvalue weighted by atomic mass is 16.5. The summed E-state index contributed by atoms with van der Waals surface area (Å²) in [5.74, 6) is -0.277. The average Bonchev–Trinajstić information content (AvgIpc) is 2.39. The number of ether oxygens (including phenoxy) is 1. The number of hydrogen-bond donors (Lipinski definition) is 2. The van der Waals surface area contributed by atoms with E-state index in [9.17, 15) is 9.59 Å². The van der Waals surface area contributed by atoms with Gasteiger partial charge in [0.05, 0.1) is 25.4 Å². The van der Waals surface area contributed by atoms with Gasteiger partial charge in [-0.25, -0.2) is 5.10 Å². The van der Waals surface area contributed by atoms with Crippen LogP contribution in [0.4, 0.5) is 0 Å². The van der Waals surface area contributed by atoms with Crippen LogP contribution in [0.5, 0.6) is 0 Å². The molecule has 18 heavy (non-hydrogen) atoms. The second kappa shape index (κ2) is 5.28. The Kier molecular flexibility index (Phi) is 3.73. The zero-order valence-corrected chi connectivity index (χ0v) is 10.00. The number of aliphatic hydroxyl groups is 1. The van der Waals surface area contributed by atoms with Crippen molar-refractivity contribution >= 4 is 5.91 Å². The van der Waals surface area contributed by atoms with Crippen molar-refractivity contribution in [1.82, 2.24) is 15.1 Å². The van der Waals surface area contributed by atoms with E-state index in [1.54, 1.807) is 4.90 Å². The van der Waals surface area contributed by atoms with Gasteiger partial charge in [-0.3, -0.25) is 9.59 Å². The molecule has 7 nitrogen and oxygen atoms in total. The number of aliphatic hydroxyl groups excluding tert-OH is 1. The summed E-state index contributed by atoms with van der Waals surface area (Å²) >= 11 is 0. The highest BCUT2D eigenvalue weighted by Gasteiger charge is 2.30. The number of aromatic amines is 1. The summed E-state index contributed by atoms with van der Waals surface area (Å²) in [7, 11) is 0. The van der Waals surface area contributed by atoms with Gasteiger partial charge in [0.15, 0.2) is 0 Å². The fourth-order valence-corrected chi connectivity index (χ4v) is 1.82. The van der Waals surface area contributed by atoms with Gasteiger partial charge in [-0.05, 0) is 13.0 Å². The first kappa shape index (κ1) is 12.7. The lowest BCUT2D eigenvalue weighted by molar-refractivity contribution is -0.0669. The van der Waals surface area contributed by atoms with Crippen molar-refractivity contribution in [2.24, 2.45) is 0 Å².